The minimum absolute atomic E-state index is 0.127. The maximum absolute atomic E-state index is 12.5. The molecule has 0 radical (unpaired) electrons. The minimum atomic E-state index is -0.778. The highest BCUT2D eigenvalue weighted by molar-refractivity contribution is 5.87. The summed E-state index contributed by atoms with van der Waals surface area (Å²) in [7, 11) is 0. The highest BCUT2D eigenvalue weighted by Gasteiger charge is 2.64. The van der Waals surface area contributed by atoms with E-state index >= 15 is 0 Å². The van der Waals surface area contributed by atoms with Crippen molar-refractivity contribution in [3.8, 4) is 0 Å². The summed E-state index contributed by atoms with van der Waals surface area (Å²) in [6, 6.07) is 0. The largest absolute Gasteiger partial charge is 0.462 e. The molecule has 0 amide bonds. The zero-order chi connectivity index (χ0) is 20.3. The Balaban J connectivity index is 1.52. The Bertz CT molecular complexity index is 665. The summed E-state index contributed by atoms with van der Waals surface area (Å²) in [5.41, 5.74) is 4.54. The predicted molar refractivity (Wildman–Crippen MR) is 106 cm³/mol. The molecule has 4 aliphatic carbocycles. The molecule has 0 aromatic heterocycles. The first kappa shape index (κ1) is 20.3. The molecule has 28 heavy (non-hydrogen) atoms. The summed E-state index contributed by atoms with van der Waals surface area (Å²) in [6.07, 6.45) is 7.55. The number of nitrogens with two attached hydrogens (primary N) is 1. The van der Waals surface area contributed by atoms with Crippen LogP contribution in [-0.4, -0.2) is 35.1 Å². The Hall–Kier alpha value is -0.940. The highest BCUT2D eigenvalue weighted by Crippen LogP contribution is 2.66. The van der Waals surface area contributed by atoms with Crippen molar-refractivity contribution < 1.29 is 19.4 Å². The van der Waals surface area contributed by atoms with Crippen molar-refractivity contribution in [1.82, 2.24) is 0 Å². The Kier molecular flexibility index (Phi) is 4.94. The van der Waals surface area contributed by atoms with E-state index in [1.165, 1.54) is 0 Å². The number of carbonyl (C=O) groups excluding carboxylic acids is 2. The smallest absolute Gasteiger partial charge is 0.310 e. The minimum Gasteiger partial charge on any atom is -0.462 e. The van der Waals surface area contributed by atoms with Gasteiger partial charge in [-0.15, -0.1) is 0 Å². The molecule has 0 aromatic rings. The fraction of sp³-hybridized carbons (Fsp3) is 0.913. The van der Waals surface area contributed by atoms with Gasteiger partial charge in [0.25, 0.3) is 0 Å². The topological polar surface area (TPSA) is 89.6 Å². The lowest BCUT2D eigenvalue weighted by Crippen LogP contribution is -2.63. The van der Waals surface area contributed by atoms with E-state index in [2.05, 4.69) is 13.8 Å². The molecule has 5 heteroatoms. The number of Topliss-reactive ketones (excluding diaryl/α,β-unsaturated/α-hetero) is 1. The van der Waals surface area contributed by atoms with Gasteiger partial charge in [0.15, 0.2) is 0 Å². The number of hydrogen-bond acceptors (Lipinski definition) is 5. The second-order valence-electron chi connectivity index (χ2n) is 10.7. The Morgan fingerprint density at radius 1 is 1.18 bits per heavy atom. The first-order valence-corrected chi connectivity index (χ1v) is 11.3. The second kappa shape index (κ2) is 6.80. The quantitative estimate of drug-likeness (QED) is 0.721. The SMILES string of the molecule is CC(CN)C(=O)O[C@H]1CC[C@]2(C)[C@H]3CC[C@]4(C)C(=O)CC[C@H]4[C@@H]3CC[C@@]2(O)C1. The second-order valence-corrected chi connectivity index (χ2v) is 10.7. The van der Waals surface area contributed by atoms with Crippen LogP contribution in [0, 0.1) is 34.5 Å². The summed E-state index contributed by atoms with van der Waals surface area (Å²) in [5.74, 6) is 1.43. The van der Waals surface area contributed by atoms with Gasteiger partial charge < -0.3 is 15.6 Å². The number of aliphatic hydroxyl groups is 1. The fourth-order valence-corrected chi connectivity index (χ4v) is 7.46. The molecule has 8 atom stereocenters. The molecular weight excluding hydrogens is 354 g/mol. The average molecular weight is 392 g/mol. The van der Waals surface area contributed by atoms with Gasteiger partial charge >= 0.3 is 5.97 Å². The zero-order valence-corrected chi connectivity index (χ0v) is 17.7. The van der Waals surface area contributed by atoms with E-state index in [9.17, 15) is 14.7 Å². The molecule has 3 N–H and O–H groups in total. The van der Waals surface area contributed by atoms with Crippen LogP contribution in [0.25, 0.3) is 0 Å². The standard InChI is InChI=1S/C23H37NO4/c1-14(13-24)20(26)28-15-6-10-22(3)18-8-9-21(2)17(4-5-19(21)25)16(18)7-11-23(22,27)12-15/h14-18,27H,4-13,24H2,1-3H3/t14?,15-,16-,17-,18-,21-,22+,23+/m0/s1. The third-order valence-electron chi connectivity index (χ3n) is 9.51. The zero-order valence-electron chi connectivity index (χ0n) is 17.7. The van der Waals surface area contributed by atoms with Crippen molar-refractivity contribution in [1.29, 1.82) is 0 Å². The molecule has 5 nitrogen and oxygen atoms in total. The number of rotatable bonds is 3. The molecule has 158 valence electrons. The first-order chi connectivity index (χ1) is 13.1. The highest BCUT2D eigenvalue weighted by atomic mass is 16.5. The van der Waals surface area contributed by atoms with Gasteiger partial charge in [0.2, 0.25) is 0 Å². The van der Waals surface area contributed by atoms with Crippen molar-refractivity contribution in [2.45, 2.75) is 90.3 Å². The summed E-state index contributed by atoms with van der Waals surface area (Å²) < 4.78 is 5.72. The molecular formula is C23H37NO4. The number of esters is 1. The normalized spacial score (nSPS) is 49.0. The van der Waals surface area contributed by atoms with Crippen molar-refractivity contribution in [3.63, 3.8) is 0 Å². The Labute approximate surface area is 168 Å². The van der Waals surface area contributed by atoms with Gasteiger partial charge in [-0.25, -0.2) is 0 Å². The van der Waals surface area contributed by atoms with Crippen LogP contribution in [0.5, 0.6) is 0 Å². The molecule has 4 fully saturated rings. The number of hydrogen-bond donors (Lipinski definition) is 2. The van der Waals surface area contributed by atoms with E-state index < -0.39 is 5.60 Å². The Morgan fingerprint density at radius 3 is 2.64 bits per heavy atom. The van der Waals surface area contributed by atoms with Crippen LogP contribution in [0.3, 0.4) is 0 Å². The van der Waals surface area contributed by atoms with E-state index in [4.69, 9.17) is 10.5 Å². The van der Waals surface area contributed by atoms with Crippen LogP contribution < -0.4 is 5.73 Å². The first-order valence-electron chi connectivity index (χ1n) is 11.3. The molecule has 0 saturated heterocycles. The van der Waals surface area contributed by atoms with Gasteiger partial charge in [-0.2, -0.15) is 0 Å². The van der Waals surface area contributed by atoms with Crippen LogP contribution in [0.2, 0.25) is 0 Å². The average Bonchev–Trinajstić information content (AvgIpc) is 2.97. The van der Waals surface area contributed by atoms with Crippen LogP contribution in [0.4, 0.5) is 0 Å². The molecule has 0 heterocycles. The molecule has 1 unspecified atom stereocenters. The van der Waals surface area contributed by atoms with Gasteiger partial charge in [-0.3, -0.25) is 9.59 Å². The molecule has 4 rings (SSSR count). The van der Waals surface area contributed by atoms with E-state index in [0.29, 0.717) is 30.0 Å². The molecule has 4 aliphatic rings. The van der Waals surface area contributed by atoms with Gasteiger partial charge in [0.05, 0.1) is 11.5 Å². The van der Waals surface area contributed by atoms with Crippen molar-refractivity contribution in [2.75, 3.05) is 6.54 Å². The summed E-state index contributed by atoms with van der Waals surface area (Å²) in [6.45, 7) is 6.54. The van der Waals surface area contributed by atoms with Crippen LogP contribution in [0.1, 0.15) is 78.6 Å². The van der Waals surface area contributed by atoms with E-state index in [0.717, 1.165) is 51.4 Å². The number of fused-ring (bicyclic) bond motifs is 5. The molecule has 0 aromatic carbocycles. The monoisotopic (exact) mass is 391 g/mol. The van der Waals surface area contributed by atoms with Crippen LogP contribution in [-0.2, 0) is 14.3 Å². The van der Waals surface area contributed by atoms with E-state index in [1.54, 1.807) is 6.92 Å². The lowest BCUT2D eigenvalue weighted by Gasteiger charge is -2.63. The van der Waals surface area contributed by atoms with E-state index in [-0.39, 0.29) is 35.4 Å². The van der Waals surface area contributed by atoms with Gasteiger partial charge in [-0.05, 0) is 68.1 Å². The van der Waals surface area contributed by atoms with Gasteiger partial charge in [0, 0.05) is 24.8 Å². The van der Waals surface area contributed by atoms with Crippen molar-refractivity contribution in [2.24, 2.45) is 40.2 Å². The van der Waals surface area contributed by atoms with E-state index in [1.807, 2.05) is 0 Å². The maximum atomic E-state index is 12.5. The van der Waals surface area contributed by atoms with Crippen LogP contribution >= 0.6 is 0 Å². The predicted octanol–water partition coefficient (Wildman–Crippen LogP) is 3.22. The number of ketones is 1. The van der Waals surface area contributed by atoms with Gasteiger partial charge in [0.1, 0.15) is 11.9 Å². The molecule has 0 spiro atoms. The Morgan fingerprint density at radius 2 is 1.93 bits per heavy atom. The summed E-state index contributed by atoms with van der Waals surface area (Å²) in [4.78, 5) is 24.7. The third-order valence-corrected chi connectivity index (χ3v) is 9.51. The molecule has 0 aliphatic heterocycles. The fourth-order valence-electron chi connectivity index (χ4n) is 7.46. The van der Waals surface area contributed by atoms with Crippen LogP contribution in [0.15, 0.2) is 0 Å². The summed E-state index contributed by atoms with van der Waals surface area (Å²) >= 11 is 0. The lowest BCUT2D eigenvalue weighted by atomic mass is 9.43. The van der Waals surface area contributed by atoms with Crippen molar-refractivity contribution >= 4 is 11.8 Å². The third kappa shape index (κ3) is 2.79. The van der Waals surface area contributed by atoms with Crippen molar-refractivity contribution in [3.05, 3.63) is 0 Å². The molecule has 0 bridgehead atoms. The maximum Gasteiger partial charge on any atom is 0.310 e. The summed E-state index contributed by atoms with van der Waals surface area (Å²) in [5, 5.41) is 11.7. The number of ether oxygens (including phenoxy) is 1. The van der Waals surface area contributed by atoms with Gasteiger partial charge in [-0.1, -0.05) is 20.8 Å². The lowest BCUT2D eigenvalue weighted by molar-refractivity contribution is -0.222. The number of carbonyl (C=O) groups is 2. The molecule has 4 saturated carbocycles.